The highest BCUT2D eigenvalue weighted by molar-refractivity contribution is 14.0. The summed E-state index contributed by atoms with van der Waals surface area (Å²) < 4.78 is 5.90. The highest BCUT2D eigenvalue weighted by atomic mass is 127. The molecular weight excluding hydrogens is 539 g/mol. The van der Waals surface area contributed by atoms with Crippen LogP contribution in [-0.2, 0) is 16.1 Å². The number of halogens is 2. The van der Waals surface area contributed by atoms with Crippen molar-refractivity contribution in [2.45, 2.75) is 26.4 Å². The Hall–Kier alpha value is -1.84. The Morgan fingerprint density at radius 2 is 2.00 bits per heavy atom. The average Bonchev–Trinajstić information content (AvgIpc) is 3.24. The highest BCUT2D eigenvalue weighted by Crippen LogP contribution is 2.23. The third-order valence-electron chi connectivity index (χ3n) is 5.44. The number of hydrogen-bond donors (Lipinski definition) is 2. The molecule has 8 heteroatoms. The van der Waals surface area contributed by atoms with Gasteiger partial charge in [0.25, 0.3) is 0 Å². The molecule has 0 saturated carbocycles. The van der Waals surface area contributed by atoms with Gasteiger partial charge in [-0.1, -0.05) is 48.0 Å². The van der Waals surface area contributed by atoms with Crippen LogP contribution in [0.25, 0.3) is 0 Å². The van der Waals surface area contributed by atoms with Crippen LogP contribution in [0.3, 0.4) is 0 Å². The summed E-state index contributed by atoms with van der Waals surface area (Å²) in [5.41, 5.74) is 2.82. The minimum atomic E-state index is -0.0538. The summed E-state index contributed by atoms with van der Waals surface area (Å²) in [4.78, 5) is 18.9. The Morgan fingerprint density at radius 3 is 2.75 bits per heavy atom. The molecule has 1 saturated heterocycles. The molecule has 0 radical (unpaired) electrons. The van der Waals surface area contributed by atoms with E-state index >= 15 is 0 Å². The number of likely N-dealkylation sites (tertiary alicyclic amines) is 1. The summed E-state index contributed by atoms with van der Waals surface area (Å²) in [5, 5.41) is 6.87. The van der Waals surface area contributed by atoms with Crippen LogP contribution < -0.4 is 10.6 Å². The molecule has 1 aliphatic rings. The molecule has 1 heterocycles. The van der Waals surface area contributed by atoms with Crippen molar-refractivity contribution in [2.75, 3.05) is 38.6 Å². The van der Waals surface area contributed by atoms with Gasteiger partial charge < -0.3 is 20.3 Å². The number of nitrogens with zero attached hydrogens (tertiary/aromatic N) is 2. The number of anilines is 1. The molecule has 1 unspecified atom stereocenters. The molecule has 6 nitrogen and oxygen atoms in total. The number of aliphatic imine (C=N–C) groups is 1. The summed E-state index contributed by atoms with van der Waals surface area (Å²) >= 11 is 6.12. The van der Waals surface area contributed by atoms with Crippen molar-refractivity contribution in [1.29, 1.82) is 0 Å². The predicted octanol–water partition coefficient (Wildman–Crippen LogP) is 4.71. The fourth-order valence-corrected chi connectivity index (χ4v) is 3.83. The first-order chi connectivity index (χ1) is 15.1. The van der Waals surface area contributed by atoms with Crippen LogP contribution in [0, 0.1) is 12.8 Å². The van der Waals surface area contributed by atoms with Crippen molar-refractivity contribution < 1.29 is 9.53 Å². The second-order valence-electron chi connectivity index (χ2n) is 7.79. The molecule has 0 spiro atoms. The third-order valence-corrected chi connectivity index (χ3v) is 5.85. The van der Waals surface area contributed by atoms with Crippen LogP contribution in [0.5, 0.6) is 0 Å². The number of benzene rings is 2. The van der Waals surface area contributed by atoms with Crippen molar-refractivity contribution in [1.82, 2.24) is 10.2 Å². The lowest BCUT2D eigenvalue weighted by Crippen LogP contribution is -2.41. The zero-order chi connectivity index (χ0) is 22.1. The van der Waals surface area contributed by atoms with Gasteiger partial charge in [-0.2, -0.15) is 0 Å². The smallest absolute Gasteiger partial charge is 0.226 e. The van der Waals surface area contributed by atoms with E-state index in [1.165, 1.54) is 5.56 Å². The molecule has 0 aliphatic carbocycles. The summed E-state index contributed by atoms with van der Waals surface area (Å²) in [6.45, 7) is 5.64. The molecule has 174 valence electrons. The van der Waals surface area contributed by atoms with Gasteiger partial charge >= 0.3 is 0 Å². The quantitative estimate of drug-likeness (QED) is 0.274. The second kappa shape index (κ2) is 13.6. The van der Waals surface area contributed by atoms with Crippen LogP contribution in [-0.4, -0.2) is 50.1 Å². The van der Waals surface area contributed by atoms with Gasteiger partial charge in [0.15, 0.2) is 5.96 Å². The number of carbonyl (C=O) groups is 1. The number of nitrogens with one attached hydrogen (secondary N) is 2. The standard InChI is InChI=1S/C24H31ClN4O2.HI/c1-18-21(25)9-6-10-22(18)28-23(30)11-13-27-24(26-2)29-14-12-20(15-29)17-31-16-19-7-4-3-5-8-19;/h3-10,20H,11-17H2,1-2H3,(H,26,27)(H,28,30);1H. The maximum absolute atomic E-state index is 12.3. The van der Waals surface area contributed by atoms with E-state index in [1.54, 1.807) is 7.05 Å². The fourth-order valence-electron chi connectivity index (χ4n) is 3.65. The van der Waals surface area contributed by atoms with E-state index in [0.717, 1.165) is 43.3 Å². The Bertz CT molecular complexity index is 895. The molecule has 32 heavy (non-hydrogen) atoms. The van der Waals surface area contributed by atoms with Gasteiger partial charge in [0.05, 0.1) is 13.2 Å². The van der Waals surface area contributed by atoms with E-state index in [0.29, 0.717) is 30.5 Å². The Kier molecular flexibility index (Phi) is 11.3. The van der Waals surface area contributed by atoms with Crippen molar-refractivity contribution in [3.8, 4) is 0 Å². The van der Waals surface area contributed by atoms with Crippen molar-refractivity contribution in [2.24, 2.45) is 10.9 Å². The van der Waals surface area contributed by atoms with Crippen molar-refractivity contribution in [3.05, 3.63) is 64.7 Å². The normalized spacial score (nSPS) is 15.9. The van der Waals surface area contributed by atoms with E-state index in [9.17, 15) is 4.79 Å². The Labute approximate surface area is 212 Å². The monoisotopic (exact) mass is 570 g/mol. The fraction of sp³-hybridized carbons (Fsp3) is 0.417. The summed E-state index contributed by atoms with van der Waals surface area (Å²) in [6.07, 6.45) is 1.42. The van der Waals surface area contributed by atoms with Gasteiger partial charge in [-0.25, -0.2) is 0 Å². The molecule has 3 rings (SSSR count). The van der Waals surface area contributed by atoms with Gasteiger partial charge in [0, 0.05) is 49.7 Å². The van der Waals surface area contributed by atoms with E-state index in [2.05, 4.69) is 32.7 Å². The first-order valence-corrected chi connectivity index (χ1v) is 11.1. The molecule has 1 fully saturated rings. The molecule has 0 bridgehead atoms. The SMILES string of the molecule is CN=C(NCCC(=O)Nc1cccc(Cl)c1C)N1CCC(COCc2ccccc2)C1.I. The van der Waals surface area contributed by atoms with Gasteiger partial charge in [-0.15, -0.1) is 24.0 Å². The first kappa shape index (κ1) is 26.4. The highest BCUT2D eigenvalue weighted by Gasteiger charge is 2.25. The zero-order valence-electron chi connectivity index (χ0n) is 18.6. The molecule has 0 aromatic heterocycles. The number of carbonyl (C=O) groups excluding carboxylic acids is 1. The van der Waals surface area contributed by atoms with E-state index in [1.807, 2.05) is 43.3 Å². The maximum Gasteiger partial charge on any atom is 0.226 e. The molecule has 1 aliphatic heterocycles. The van der Waals surface area contributed by atoms with Gasteiger partial charge in [-0.05, 0) is 36.6 Å². The Morgan fingerprint density at radius 1 is 1.22 bits per heavy atom. The largest absolute Gasteiger partial charge is 0.376 e. The van der Waals surface area contributed by atoms with Gasteiger partial charge in [0.2, 0.25) is 5.91 Å². The molecule has 2 aromatic rings. The summed E-state index contributed by atoms with van der Waals surface area (Å²) in [6, 6.07) is 15.7. The van der Waals surface area contributed by atoms with Crippen LogP contribution in [0.1, 0.15) is 24.0 Å². The summed E-state index contributed by atoms with van der Waals surface area (Å²) in [5.74, 6) is 1.26. The van der Waals surface area contributed by atoms with Crippen LogP contribution in [0.4, 0.5) is 5.69 Å². The third kappa shape index (κ3) is 7.94. The molecule has 2 aromatic carbocycles. The number of rotatable bonds is 8. The van der Waals surface area contributed by atoms with Crippen LogP contribution in [0.15, 0.2) is 53.5 Å². The number of amides is 1. The number of guanidine groups is 1. The predicted molar refractivity (Wildman–Crippen MR) is 142 cm³/mol. The lowest BCUT2D eigenvalue weighted by atomic mass is 10.1. The van der Waals surface area contributed by atoms with E-state index in [-0.39, 0.29) is 29.9 Å². The molecule has 1 amide bonds. The Balaban J connectivity index is 0.00000363. The lowest BCUT2D eigenvalue weighted by molar-refractivity contribution is -0.116. The number of ether oxygens (including phenoxy) is 1. The zero-order valence-corrected chi connectivity index (χ0v) is 21.7. The second-order valence-corrected chi connectivity index (χ2v) is 8.19. The molecule has 1 atom stereocenters. The van der Waals surface area contributed by atoms with Gasteiger partial charge in [-0.3, -0.25) is 9.79 Å². The maximum atomic E-state index is 12.3. The molecule has 2 N–H and O–H groups in total. The summed E-state index contributed by atoms with van der Waals surface area (Å²) in [7, 11) is 1.77. The van der Waals surface area contributed by atoms with Crippen molar-refractivity contribution >= 4 is 53.1 Å². The number of hydrogen-bond acceptors (Lipinski definition) is 3. The van der Waals surface area contributed by atoms with E-state index in [4.69, 9.17) is 16.3 Å². The van der Waals surface area contributed by atoms with Gasteiger partial charge in [0.1, 0.15) is 0 Å². The van der Waals surface area contributed by atoms with Crippen molar-refractivity contribution in [3.63, 3.8) is 0 Å². The topological polar surface area (TPSA) is 66.0 Å². The lowest BCUT2D eigenvalue weighted by Gasteiger charge is -2.21. The van der Waals surface area contributed by atoms with Crippen LogP contribution >= 0.6 is 35.6 Å². The van der Waals surface area contributed by atoms with Crippen LogP contribution in [0.2, 0.25) is 5.02 Å². The van der Waals surface area contributed by atoms with E-state index < -0.39 is 0 Å². The molecular formula is C24H32ClIN4O2. The first-order valence-electron chi connectivity index (χ1n) is 10.7. The minimum absolute atomic E-state index is 0. The minimum Gasteiger partial charge on any atom is -0.376 e. The average molecular weight is 571 g/mol.